The number of anilines is 3. The minimum Gasteiger partial charge on any atom is -0.310 e. The molecule has 0 bridgehead atoms. The van der Waals surface area contributed by atoms with Gasteiger partial charge in [0.1, 0.15) is 0 Å². The van der Waals surface area contributed by atoms with E-state index in [1.54, 1.807) is 30.3 Å². The Labute approximate surface area is 404 Å². The van der Waals surface area contributed by atoms with E-state index in [-0.39, 0.29) is 0 Å². The number of nitrogens with zero attached hydrogens (tertiary/aromatic N) is 8. The van der Waals surface area contributed by atoms with Crippen LogP contribution in [0, 0.1) is 45.3 Å². The maximum Gasteiger partial charge on any atom is 0.160 e. The van der Waals surface area contributed by atoms with Crippen LogP contribution in [-0.4, -0.2) is 14.5 Å². The van der Waals surface area contributed by atoms with Crippen molar-refractivity contribution in [1.29, 1.82) is 21.0 Å². The van der Waals surface area contributed by atoms with Crippen LogP contribution in [0.4, 0.5) is 17.1 Å². The lowest BCUT2D eigenvalue weighted by Gasteiger charge is -2.25. The van der Waals surface area contributed by atoms with Crippen LogP contribution in [0.2, 0.25) is 0 Å². The van der Waals surface area contributed by atoms with Gasteiger partial charge in [-0.1, -0.05) is 115 Å². The van der Waals surface area contributed by atoms with Gasteiger partial charge in [0, 0.05) is 55.8 Å². The highest BCUT2D eigenvalue weighted by Crippen LogP contribution is 2.41. The van der Waals surface area contributed by atoms with Crippen molar-refractivity contribution in [2.24, 2.45) is 0 Å². The van der Waals surface area contributed by atoms with Crippen molar-refractivity contribution in [2.45, 2.75) is 0 Å². The van der Waals surface area contributed by atoms with Crippen LogP contribution in [0.3, 0.4) is 0 Å². The average molecular weight is 893 g/mol. The molecule has 0 fully saturated rings. The van der Waals surface area contributed by atoms with Crippen LogP contribution in [0.1, 0.15) is 22.3 Å². The zero-order chi connectivity index (χ0) is 47.6. The van der Waals surface area contributed by atoms with Crippen molar-refractivity contribution in [3.05, 3.63) is 241 Å². The van der Waals surface area contributed by atoms with E-state index in [1.807, 2.05) is 84.9 Å². The summed E-state index contributed by atoms with van der Waals surface area (Å²) < 4.78 is 2.26. The normalized spacial score (nSPS) is 10.8. The van der Waals surface area contributed by atoms with E-state index >= 15 is 0 Å². The van der Waals surface area contributed by atoms with Gasteiger partial charge in [0.2, 0.25) is 0 Å². The third-order valence-electron chi connectivity index (χ3n) is 12.5. The molecule has 11 rings (SSSR count). The zero-order valence-electron chi connectivity index (χ0n) is 37.4. The molecule has 0 aliphatic rings. The molecule has 2 heterocycles. The number of benzene rings is 9. The largest absolute Gasteiger partial charge is 0.310 e. The van der Waals surface area contributed by atoms with E-state index in [0.717, 1.165) is 72.4 Å². The van der Waals surface area contributed by atoms with Gasteiger partial charge in [0.05, 0.1) is 69.0 Å². The molecule has 0 atom stereocenters. The van der Waals surface area contributed by atoms with Crippen LogP contribution >= 0.6 is 0 Å². The van der Waals surface area contributed by atoms with Gasteiger partial charge in [-0.15, -0.1) is 0 Å². The number of rotatable bonds is 9. The summed E-state index contributed by atoms with van der Waals surface area (Å²) in [4.78, 5) is 12.1. The average Bonchev–Trinajstić information content (AvgIpc) is 3.77. The predicted molar refractivity (Wildman–Crippen MR) is 277 cm³/mol. The summed E-state index contributed by atoms with van der Waals surface area (Å²) in [6.45, 7) is 0. The highest BCUT2D eigenvalue weighted by atomic mass is 15.1. The first-order valence-electron chi connectivity index (χ1n) is 22.5. The summed E-state index contributed by atoms with van der Waals surface area (Å²) in [5, 5.41) is 42.7. The second kappa shape index (κ2) is 18.1. The summed E-state index contributed by atoms with van der Waals surface area (Å²) in [6.07, 6.45) is 0. The topological polar surface area (TPSA) is 129 Å². The molecule has 70 heavy (non-hydrogen) atoms. The molecule has 0 aliphatic carbocycles. The summed E-state index contributed by atoms with van der Waals surface area (Å²) >= 11 is 0. The van der Waals surface area contributed by atoms with E-state index < -0.39 is 0 Å². The number of para-hydroxylation sites is 3. The second-order valence-corrected chi connectivity index (χ2v) is 16.7. The first kappa shape index (κ1) is 42.3. The standard InChI is InChI=1S/C62H36N8/c63-37-41-11-9-13-46(31-41)58-36-57(67-62(68-58)47-14-10-12-42(32-47)38-64)44-23-21-43(22-24-44)48-33-49(39-65)61(50(34-48)40-66)45-25-27-53(28-26-45)70-59-20-8-7-19-55(59)56-35-54(29-30-60(56)70)69(51-15-3-1-4-16-51)52-17-5-2-6-18-52/h1-36H. The van der Waals surface area contributed by atoms with E-state index in [2.05, 4.69) is 137 Å². The van der Waals surface area contributed by atoms with Gasteiger partial charge in [-0.05, 0) is 120 Å². The molecule has 11 aromatic rings. The van der Waals surface area contributed by atoms with E-state index in [0.29, 0.717) is 50.6 Å². The third kappa shape index (κ3) is 7.83. The van der Waals surface area contributed by atoms with Gasteiger partial charge in [-0.25, -0.2) is 9.97 Å². The molecule has 0 amide bonds. The highest BCUT2D eigenvalue weighted by Gasteiger charge is 2.20. The molecule has 8 nitrogen and oxygen atoms in total. The van der Waals surface area contributed by atoms with Crippen molar-refractivity contribution in [3.8, 4) is 86.1 Å². The Bertz CT molecular complexity index is 3830. The Hall–Kier alpha value is -10.4. The summed E-state index contributed by atoms with van der Waals surface area (Å²) in [6, 6.07) is 80.8. The lowest BCUT2D eigenvalue weighted by atomic mass is 9.90. The molecule has 0 unspecified atom stereocenters. The molecular formula is C62H36N8. The van der Waals surface area contributed by atoms with E-state index in [9.17, 15) is 21.0 Å². The van der Waals surface area contributed by atoms with Crippen LogP contribution in [0.15, 0.2) is 218 Å². The van der Waals surface area contributed by atoms with Crippen molar-refractivity contribution in [3.63, 3.8) is 0 Å². The Morgan fingerprint density at radius 1 is 0.357 bits per heavy atom. The summed E-state index contributed by atoms with van der Waals surface area (Å²) in [5.41, 5.74) is 14.5. The van der Waals surface area contributed by atoms with Crippen LogP contribution in [-0.2, 0) is 0 Å². The smallest absolute Gasteiger partial charge is 0.160 e. The first-order chi connectivity index (χ1) is 34.5. The van der Waals surface area contributed by atoms with Crippen molar-refractivity contribution in [2.75, 3.05) is 4.90 Å². The van der Waals surface area contributed by atoms with Gasteiger partial charge in [0.15, 0.2) is 5.82 Å². The lowest BCUT2D eigenvalue weighted by molar-refractivity contribution is 1.18. The fourth-order valence-electron chi connectivity index (χ4n) is 9.23. The van der Waals surface area contributed by atoms with Crippen molar-refractivity contribution < 1.29 is 0 Å². The van der Waals surface area contributed by atoms with Gasteiger partial charge in [0.25, 0.3) is 0 Å². The number of aromatic nitrogens is 3. The van der Waals surface area contributed by atoms with Crippen LogP contribution in [0.5, 0.6) is 0 Å². The fraction of sp³-hybridized carbons (Fsp3) is 0. The molecule has 2 aromatic heterocycles. The summed E-state index contributed by atoms with van der Waals surface area (Å²) in [7, 11) is 0. The molecule has 0 saturated heterocycles. The molecule has 0 radical (unpaired) electrons. The van der Waals surface area contributed by atoms with Crippen molar-refractivity contribution >= 4 is 38.9 Å². The lowest BCUT2D eigenvalue weighted by Crippen LogP contribution is -2.09. The maximum absolute atomic E-state index is 10.6. The molecule has 0 saturated carbocycles. The number of hydrogen-bond acceptors (Lipinski definition) is 7. The molecule has 0 spiro atoms. The molecule has 9 aromatic carbocycles. The summed E-state index contributed by atoms with van der Waals surface area (Å²) in [5.74, 6) is 0.441. The molecule has 0 aliphatic heterocycles. The predicted octanol–water partition coefficient (Wildman–Crippen LogP) is 14.9. The molecule has 0 N–H and O–H groups in total. The quantitative estimate of drug-likeness (QED) is 0.141. The van der Waals surface area contributed by atoms with E-state index in [4.69, 9.17) is 9.97 Å². The Morgan fingerprint density at radius 3 is 1.53 bits per heavy atom. The Balaban J connectivity index is 0.930. The van der Waals surface area contributed by atoms with Crippen molar-refractivity contribution in [1.82, 2.24) is 14.5 Å². The molecule has 324 valence electrons. The highest BCUT2D eigenvalue weighted by molar-refractivity contribution is 6.10. The van der Waals surface area contributed by atoms with Crippen LogP contribution in [0.25, 0.3) is 83.6 Å². The monoisotopic (exact) mass is 892 g/mol. The SMILES string of the molecule is N#Cc1cccc(-c2cc(-c3ccc(-c4cc(C#N)c(-c5ccc(-n6c7ccccc7c7cc(N(c8ccccc8)c8ccccc8)ccc76)cc5)c(C#N)c4)cc3)nc(-c3cccc(C#N)c3)n2)c1. The van der Waals surface area contributed by atoms with Gasteiger partial charge >= 0.3 is 0 Å². The number of hydrogen-bond donors (Lipinski definition) is 0. The second-order valence-electron chi connectivity index (χ2n) is 16.7. The first-order valence-corrected chi connectivity index (χ1v) is 22.5. The fourth-order valence-corrected chi connectivity index (χ4v) is 9.23. The Morgan fingerprint density at radius 2 is 0.900 bits per heavy atom. The number of nitriles is 4. The zero-order valence-corrected chi connectivity index (χ0v) is 37.4. The number of fused-ring (bicyclic) bond motifs is 3. The molecule has 8 heteroatoms. The van der Waals surface area contributed by atoms with Gasteiger partial charge in [-0.2, -0.15) is 21.0 Å². The minimum atomic E-state index is 0.390. The van der Waals surface area contributed by atoms with Gasteiger partial charge in [-0.3, -0.25) is 0 Å². The maximum atomic E-state index is 10.6. The minimum absolute atomic E-state index is 0.390. The third-order valence-corrected chi connectivity index (χ3v) is 12.5. The Kier molecular flexibility index (Phi) is 10.9. The molecular weight excluding hydrogens is 857 g/mol. The van der Waals surface area contributed by atoms with Gasteiger partial charge < -0.3 is 9.47 Å². The van der Waals surface area contributed by atoms with E-state index in [1.165, 1.54) is 0 Å². The van der Waals surface area contributed by atoms with Crippen LogP contribution < -0.4 is 4.90 Å².